The zero-order valence-corrected chi connectivity index (χ0v) is 17.9. The van der Waals surface area contributed by atoms with Crippen molar-refractivity contribution >= 4 is 44.7 Å². The van der Waals surface area contributed by atoms with Crippen LogP contribution in [0.15, 0.2) is 36.8 Å². The van der Waals surface area contributed by atoms with Crippen LogP contribution in [0.1, 0.15) is 28.8 Å². The molecule has 4 heterocycles. The van der Waals surface area contributed by atoms with Crippen molar-refractivity contribution in [2.24, 2.45) is 0 Å². The summed E-state index contributed by atoms with van der Waals surface area (Å²) in [6.07, 6.45) is 9.99. The van der Waals surface area contributed by atoms with Crippen molar-refractivity contribution in [3.63, 3.8) is 0 Å². The molecule has 1 amide bonds. The number of likely N-dealkylation sites (N-methyl/N-ethyl adjacent to an activating group) is 1. The van der Waals surface area contributed by atoms with Crippen molar-refractivity contribution in [1.82, 2.24) is 19.9 Å². The van der Waals surface area contributed by atoms with Gasteiger partial charge in [0.15, 0.2) is 5.82 Å². The second-order valence-corrected chi connectivity index (χ2v) is 9.06. The highest BCUT2D eigenvalue weighted by atomic mass is 32.1. The van der Waals surface area contributed by atoms with Gasteiger partial charge in [-0.05, 0) is 55.0 Å². The Kier molecular flexibility index (Phi) is 4.21. The van der Waals surface area contributed by atoms with Gasteiger partial charge in [0.1, 0.15) is 16.3 Å². The van der Waals surface area contributed by atoms with E-state index in [1.54, 1.807) is 34.8 Å². The van der Waals surface area contributed by atoms with Crippen molar-refractivity contribution in [3.05, 3.63) is 52.8 Å². The average Bonchev–Trinajstić information content (AvgIpc) is 3.31. The van der Waals surface area contributed by atoms with E-state index in [9.17, 15) is 4.79 Å². The Labute approximate surface area is 183 Å². The second kappa shape index (κ2) is 7.09. The summed E-state index contributed by atoms with van der Waals surface area (Å²) < 4.78 is 0. The number of carbonyl (C=O) groups is 1. The van der Waals surface area contributed by atoms with Crippen LogP contribution in [0.5, 0.6) is 0 Å². The van der Waals surface area contributed by atoms with Gasteiger partial charge in [-0.1, -0.05) is 0 Å². The van der Waals surface area contributed by atoms with E-state index in [2.05, 4.69) is 15.3 Å². The lowest BCUT2D eigenvalue weighted by molar-refractivity contribution is -0.117. The predicted octanol–water partition coefficient (Wildman–Crippen LogP) is 4.29. The number of aromatic nitrogens is 4. The molecule has 0 atom stereocenters. The largest absolute Gasteiger partial charge is 0.340 e. The number of carbonyl (C=O) groups excluding carboxylic acids is 1. The van der Waals surface area contributed by atoms with Crippen LogP contribution in [0.2, 0.25) is 0 Å². The van der Waals surface area contributed by atoms with Gasteiger partial charge in [-0.25, -0.2) is 15.0 Å². The van der Waals surface area contributed by atoms with E-state index in [0.717, 1.165) is 45.8 Å². The zero-order chi connectivity index (χ0) is 20.9. The van der Waals surface area contributed by atoms with Crippen LogP contribution in [-0.4, -0.2) is 32.9 Å². The summed E-state index contributed by atoms with van der Waals surface area (Å²) in [5, 5.41) is 4.64. The first-order chi connectivity index (χ1) is 15.2. The topological polar surface area (TPSA) is 83.9 Å². The fourth-order valence-electron chi connectivity index (χ4n) is 4.46. The lowest BCUT2D eigenvalue weighted by Crippen LogP contribution is -2.20. The highest BCUT2D eigenvalue weighted by molar-refractivity contribution is 7.19. The SMILES string of the molecule is CN1C(=O)Cc2cc(Nc3nc(-c4cnccn4)nc4sc5c(c34)CCCC5)ccc21. The summed E-state index contributed by atoms with van der Waals surface area (Å²) in [5.41, 5.74) is 4.94. The van der Waals surface area contributed by atoms with E-state index in [0.29, 0.717) is 17.9 Å². The Morgan fingerprint density at radius 2 is 2.03 bits per heavy atom. The number of fused-ring (bicyclic) bond motifs is 4. The van der Waals surface area contributed by atoms with Crippen molar-refractivity contribution < 1.29 is 4.79 Å². The van der Waals surface area contributed by atoms with Gasteiger partial charge in [0.05, 0.1) is 18.0 Å². The van der Waals surface area contributed by atoms with E-state index in [1.165, 1.54) is 23.3 Å². The number of aryl methyl sites for hydroxylation is 2. The van der Waals surface area contributed by atoms with Gasteiger partial charge in [-0.15, -0.1) is 11.3 Å². The molecule has 1 aliphatic carbocycles. The van der Waals surface area contributed by atoms with Gasteiger partial charge in [-0.2, -0.15) is 0 Å². The molecule has 1 aliphatic heterocycles. The molecule has 2 aliphatic rings. The smallest absolute Gasteiger partial charge is 0.231 e. The molecule has 0 saturated carbocycles. The van der Waals surface area contributed by atoms with Crippen LogP contribution in [-0.2, 0) is 24.1 Å². The average molecular weight is 429 g/mol. The third kappa shape index (κ3) is 3.06. The quantitative estimate of drug-likeness (QED) is 0.524. The minimum absolute atomic E-state index is 0.119. The van der Waals surface area contributed by atoms with E-state index in [4.69, 9.17) is 9.97 Å². The van der Waals surface area contributed by atoms with E-state index >= 15 is 0 Å². The fourth-order valence-corrected chi connectivity index (χ4v) is 5.72. The summed E-state index contributed by atoms with van der Waals surface area (Å²) in [6, 6.07) is 6.04. The summed E-state index contributed by atoms with van der Waals surface area (Å²) in [4.78, 5) is 34.5. The lowest BCUT2D eigenvalue weighted by Gasteiger charge is -2.14. The minimum Gasteiger partial charge on any atom is -0.340 e. The summed E-state index contributed by atoms with van der Waals surface area (Å²) in [7, 11) is 1.82. The zero-order valence-electron chi connectivity index (χ0n) is 17.1. The second-order valence-electron chi connectivity index (χ2n) is 7.98. The number of amides is 1. The molecule has 6 rings (SSSR count). The van der Waals surface area contributed by atoms with Gasteiger partial charge in [-0.3, -0.25) is 9.78 Å². The molecule has 0 fully saturated rings. The maximum absolute atomic E-state index is 12.1. The van der Waals surface area contributed by atoms with Crippen molar-refractivity contribution in [3.8, 4) is 11.5 Å². The number of anilines is 3. The van der Waals surface area contributed by atoms with Gasteiger partial charge in [0.25, 0.3) is 0 Å². The molecule has 31 heavy (non-hydrogen) atoms. The normalized spacial score (nSPS) is 15.3. The lowest BCUT2D eigenvalue weighted by atomic mass is 9.97. The molecule has 3 aromatic heterocycles. The molecule has 0 unspecified atom stereocenters. The van der Waals surface area contributed by atoms with Crippen LogP contribution in [0.4, 0.5) is 17.2 Å². The Hall–Kier alpha value is -3.39. The Morgan fingerprint density at radius 1 is 1.13 bits per heavy atom. The van der Waals surface area contributed by atoms with Gasteiger partial charge in [0, 0.05) is 35.7 Å². The molecule has 4 aromatic rings. The highest BCUT2D eigenvalue weighted by Gasteiger charge is 2.25. The number of rotatable bonds is 3. The number of benzene rings is 1. The molecule has 0 saturated heterocycles. The van der Waals surface area contributed by atoms with Crippen molar-refractivity contribution in [1.29, 1.82) is 0 Å². The predicted molar refractivity (Wildman–Crippen MR) is 122 cm³/mol. The summed E-state index contributed by atoms with van der Waals surface area (Å²) in [6.45, 7) is 0. The number of hydrogen-bond acceptors (Lipinski definition) is 7. The number of hydrogen-bond donors (Lipinski definition) is 1. The van der Waals surface area contributed by atoms with Gasteiger partial charge < -0.3 is 10.2 Å². The van der Waals surface area contributed by atoms with Crippen LogP contribution in [0, 0.1) is 0 Å². The van der Waals surface area contributed by atoms with Gasteiger partial charge in [0.2, 0.25) is 5.91 Å². The molecule has 154 valence electrons. The third-order valence-electron chi connectivity index (χ3n) is 6.03. The van der Waals surface area contributed by atoms with Crippen molar-refractivity contribution in [2.75, 3.05) is 17.3 Å². The molecule has 0 radical (unpaired) electrons. The summed E-state index contributed by atoms with van der Waals surface area (Å²) in [5.74, 6) is 1.48. The van der Waals surface area contributed by atoms with Crippen LogP contribution >= 0.6 is 11.3 Å². The Morgan fingerprint density at radius 3 is 2.90 bits per heavy atom. The molecular weight excluding hydrogens is 408 g/mol. The standard InChI is InChI=1S/C23H20N6OS/c1-29-17-7-6-14(10-13(17)11-19(29)30)26-22-20-15-4-2-3-5-18(15)31-23(20)28-21(27-22)16-12-24-8-9-25-16/h6-10,12H,2-5,11H2,1H3,(H,26,27,28). The molecule has 0 bridgehead atoms. The van der Waals surface area contributed by atoms with Crippen molar-refractivity contribution in [2.45, 2.75) is 32.1 Å². The monoisotopic (exact) mass is 428 g/mol. The van der Waals surface area contributed by atoms with Crippen LogP contribution in [0.25, 0.3) is 21.7 Å². The van der Waals surface area contributed by atoms with E-state index in [-0.39, 0.29) is 5.91 Å². The van der Waals surface area contributed by atoms with Gasteiger partial charge >= 0.3 is 0 Å². The first kappa shape index (κ1) is 18.4. The maximum Gasteiger partial charge on any atom is 0.231 e. The number of nitrogens with zero attached hydrogens (tertiary/aromatic N) is 5. The third-order valence-corrected chi connectivity index (χ3v) is 7.21. The minimum atomic E-state index is 0.119. The number of nitrogens with one attached hydrogen (secondary N) is 1. The Bertz CT molecular complexity index is 1330. The fraction of sp³-hybridized carbons (Fsp3) is 0.261. The van der Waals surface area contributed by atoms with Crippen LogP contribution < -0.4 is 10.2 Å². The van der Waals surface area contributed by atoms with E-state index < -0.39 is 0 Å². The first-order valence-corrected chi connectivity index (χ1v) is 11.2. The van der Waals surface area contributed by atoms with E-state index in [1.807, 2.05) is 25.2 Å². The molecule has 8 heteroatoms. The first-order valence-electron chi connectivity index (χ1n) is 10.4. The summed E-state index contributed by atoms with van der Waals surface area (Å²) >= 11 is 1.76. The molecule has 7 nitrogen and oxygen atoms in total. The molecule has 1 N–H and O–H groups in total. The maximum atomic E-state index is 12.1. The molecular formula is C23H20N6OS. The molecule has 0 spiro atoms. The van der Waals surface area contributed by atoms with Crippen LogP contribution in [0.3, 0.4) is 0 Å². The number of thiophene rings is 1. The highest BCUT2D eigenvalue weighted by Crippen LogP contribution is 2.40. The Balaban J connectivity index is 1.49. The molecule has 1 aromatic carbocycles.